The van der Waals surface area contributed by atoms with Gasteiger partial charge in [0, 0.05) is 28.9 Å². The van der Waals surface area contributed by atoms with Gasteiger partial charge in [0.15, 0.2) is 0 Å². The summed E-state index contributed by atoms with van der Waals surface area (Å²) in [7, 11) is -0.806. The van der Waals surface area contributed by atoms with Crippen molar-refractivity contribution in [3.8, 4) is 0 Å². The lowest BCUT2D eigenvalue weighted by atomic mass is 10.3. The summed E-state index contributed by atoms with van der Waals surface area (Å²) in [6.07, 6.45) is 2.42. The highest BCUT2D eigenvalue weighted by Crippen LogP contribution is 1.98. The number of thiol groups is 1. The smallest absolute Gasteiger partial charge is 0.232 e. The third-order valence-electron chi connectivity index (χ3n) is 1.80. The van der Waals surface area contributed by atoms with Crippen LogP contribution in [0.15, 0.2) is 0 Å². The normalized spacial score (nSPS) is 17.5. The van der Waals surface area contributed by atoms with Gasteiger partial charge in [0.2, 0.25) is 5.91 Å². The van der Waals surface area contributed by atoms with Crippen molar-refractivity contribution in [2.45, 2.75) is 30.8 Å². The highest BCUT2D eigenvalue weighted by atomic mass is 32.2. The second-order valence-corrected chi connectivity index (χ2v) is 5.64. The first-order valence-corrected chi connectivity index (χ1v) is 6.37. The van der Waals surface area contributed by atoms with Gasteiger partial charge < -0.3 is 5.32 Å². The molecule has 78 valence electrons. The molecule has 0 bridgehead atoms. The first kappa shape index (κ1) is 13.0. The van der Waals surface area contributed by atoms with Crippen molar-refractivity contribution in [2.24, 2.45) is 0 Å². The average Bonchev–Trinajstić information content (AvgIpc) is 2.03. The van der Waals surface area contributed by atoms with Crippen molar-refractivity contribution >= 4 is 29.3 Å². The maximum Gasteiger partial charge on any atom is 0.232 e. The quantitative estimate of drug-likeness (QED) is 0.670. The van der Waals surface area contributed by atoms with E-state index in [1.54, 1.807) is 13.2 Å². The van der Waals surface area contributed by atoms with Gasteiger partial charge in [0.1, 0.15) is 0 Å². The third-order valence-corrected chi connectivity index (χ3v) is 3.40. The Labute approximate surface area is 87.5 Å². The zero-order chi connectivity index (χ0) is 10.4. The maximum atomic E-state index is 11.0. The molecule has 3 atom stereocenters. The summed E-state index contributed by atoms with van der Waals surface area (Å²) < 4.78 is 10.9. The topological polar surface area (TPSA) is 46.2 Å². The lowest BCUT2D eigenvalue weighted by Crippen LogP contribution is -2.32. The van der Waals surface area contributed by atoms with Gasteiger partial charge in [-0.25, -0.2) is 0 Å². The fourth-order valence-corrected chi connectivity index (χ4v) is 1.25. The van der Waals surface area contributed by atoms with E-state index < -0.39 is 10.8 Å². The van der Waals surface area contributed by atoms with E-state index in [-0.39, 0.29) is 16.4 Å². The van der Waals surface area contributed by atoms with Gasteiger partial charge in [-0.1, -0.05) is 6.92 Å². The predicted octanol–water partition coefficient (Wildman–Crippen LogP) is 0.578. The molecule has 0 heterocycles. The van der Waals surface area contributed by atoms with E-state index in [4.69, 9.17) is 0 Å². The minimum Gasteiger partial charge on any atom is -0.355 e. The van der Waals surface area contributed by atoms with Crippen molar-refractivity contribution in [3.63, 3.8) is 0 Å². The molecule has 0 radical (unpaired) electrons. The number of hydrogen-bond acceptors (Lipinski definition) is 3. The number of amides is 1. The average molecular weight is 223 g/mol. The highest BCUT2D eigenvalue weighted by Gasteiger charge is 2.09. The minimum atomic E-state index is -0.806. The summed E-state index contributed by atoms with van der Waals surface area (Å²) in [4.78, 5) is 11.0. The summed E-state index contributed by atoms with van der Waals surface area (Å²) in [6, 6.07) is 0. The third kappa shape index (κ3) is 6.10. The lowest BCUT2D eigenvalue weighted by molar-refractivity contribution is -0.120. The Morgan fingerprint density at radius 1 is 1.54 bits per heavy atom. The molecule has 5 heteroatoms. The van der Waals surface area contributed by atoms with Crippen LogP contribution in [0.4, 0.5) is 0 Å². The minimum absolute atomic E-state index is 0.0718. The van der Waals surface area contributed by atoms with Crippen molar-refractivity contribution in [3.05, 3.63) is 0 Å². The molecule has 0 aliphatic rings. The van der Waals surface area contributed by atoms with E-state index in [9.17, 15) is 9.00 Å². The summed E-state index contributed by atoms with van der Waals surface area (Å²) in [5.41, 5.74) is 0. The van der Waals surface area contributed by atoms with Gasteiger partial charge >= 0.3 is 0 Å². The highest BCUT2D eigenvalue weighted by molar-refractivity contribution is 7.84. The molecule has 0 aliphatic carbocycles. The van der Waals surface area contributed by atoms with Crippen LogP contribution in [-0.2, 0) is 15.6 Å². The van der Waals surface area contributed by atoms with E-state index in [0.717, 1.165) is 6.42 Å². The molecule has 3 unspecified atom stereocenters. The van der Waals surface area contributed by atoms with Crippen LogP contribution in [0.25, 0.3) is 0 Å². The Kier molecular flexibility index (Phi) is 6.41. The second kappa shape index (κ2) is 6.43. The van der Waals surface area contributed by atoms with Crippen LogP contribution in [0.5, 0.6) is 0 Å². The van der Waals surface area contributed by atoms with E-state index in [2.05, 4.69) is 17.9 Å². The number of carbonyl (C=O) groups is 1. The van der Waals surface area contributed by atoms with Crippen LogP contribution < -0.4 is 5.32 Å². The van der Waals surface area contributed by atoms with E-state index in [1.807, 2.05) is 6.92 Å². The van der Waals surface area contributed by atoms with Crippen LogP contribution in [0, 0.1) is 0 Å². The Hall–Kier alpha value is -0.0300. The fourth-order valence-electron chi connectivity index (χ4n) is 0.712. The van der Waals surface area contributed by atoms with Gasteiger partial charge in [-0.2, -0.15) is 12.6 Å². The Bertz CT molecular complexity index is 195. The summed E-state index contributed by atoms with van der Waals surface area (Å²) in [5, 5.41) is 2.58. The molecule has 0 fully saturated rings. The molecular weight excluding hydrogens is 206 g/mol. The fraction of sp³-hybridized carbons (Fsp3) is 0.875. The number of nitrogens with one attached hydrogen (secondary N) is 1. The summed E-state index contributed by atoms with van der Waals surface area (Å²) >= 11 is 3.99. The van der Waals surface area contributed by atoms with E-state index >= 15 is 0 Å². The summed E-state index contributed by atoms with van der Waals surface area (Å²) in [5.74, 6) is -0.0718. The van der Waals surface area contributed by atoms with Crippen molar-refractivity contribution < 1.29 is 9.00 Å². The standard InChI is InChI=1S/C8H17NO2S2/c1-6(13(3)11)4-5-9-8(10)7(2)12/h6-7,12H,4-5H2,1-3H3,(H,9,10). The molecule has 0 saturated heterocycles. The monoisotopic (exact) mass is 223 g/mol. The predicted molar refractivity (Wildman–Crippen MR) is 59.6 cm³/mol. The van der Waals surface area contributed by atoms with Crippen LogP contribution in [-0.4, -0.2) is 33.4 Å². The number of hydrogen-bond donors (Lipinski definition) is 2. The molecule has 13 heavy (non-hydrogen) atoms. The van der Waals surface area contributed by atoms with Crippen molar-refractivity contribution in [1.29, 1.82) is 0 Å². The largest absolute Gasteiger partial charge is 0.355 e. The lowest BCUT2D eigenvalue weighted by Gasteiger charge is -2.10. The molecule has 0 saturated carbocycles. The van der Waals surface area contributed by atoms with Crippen LogP contribution in [0.1, 0.15) is 20.3 Å². The summed E-state index contributed by atoms with van der Waals surface area (Å²) in [6.45, 7) is 4.21. The number of carbonyl (C=O) groups excluding carboxylic acids is 1. The van der Waals surface area contributed by atoms with Gasteiger partial charge in [-0.15, -0.1) is 0 Å². The van der Waals surface area contributed by atoms with E-state index in [0.29, 0.717) is 6.54 Å². The molecule has 0 aromatic rings. The van der Waals surface area contributed by atoms with Gasteiger partial charge in [0.05, 0.1) is 5.25 Å². The van der Waals surface area contributed by atoms with Crippen molar-refractivity contribution in [2.75, 3.05) is 12.8 Å². The van der Waals surface area contributed by atoms with Gasteiger partial charge in [-0.3, -0.25) is 9.00 Å². The Morgan fingerprint density at radius 3 is 2.46 bits per heavy atom. The Morgan fingerprint density at radius 2 is 2.08 bits per heavy atom. The molecular formula is C8H17NO2S2. The van der Waals surface area contributed by atoms with Crippen LogP contribution >= 0.6 is 12.6 Å². The molecule has 0 spiro atoms. The molecule has 0 aliphatic heterocycles. The first-order chi connectivity index (χ1) is 5.95. The first-order valence-electron chi connectivity index (χ1n) is 4.23. The zero-order valence-corrected chi connectivity index (χ0v) is 9.95. The van der Waals surface area contributed by atoms with Gasteiger partial charge in [-0.05, 0) is 13.3 Å². The molecule has 0 aromatic carbocycles. The molecule has 0 rings (SSSR count). The van der Waals surface area contributed by atoms with E-state index in [1.165, 1.54) is 0 Å². The van der Waals surface area contributed by atoms with Crippen LogP contribution in [0.3, 0.4) is 0 Å². The zero-order valence-electron chi connectivity index (χ0n) is 8.24. The SMILES string of the molecule is CC(S)C(=O)NCCC(C)S(C)=O. The molecule has 1 amide bonds. The molecule has 0 aromatic heterocycles. The van der Waals surface area contributed by atoms with Gasteiger partial charge in [0.25, 0.3) is 0 Å². The molecule has 1 N–H and O–H groups in total. The molecule has 3 nitrogen and oxygen atoms in total. The van der Waals surface area contributed by atoms with Crippen molar-refractivity contribution in [1.82, 2.24) is 5.32 Å². The Balaban J connectivity index is 3.56. The maximum absolute atomic E-state index is 11.0. The van der Waals surface area contributed by atoms with Crippen LogP contribution in [0.2, 0.25) is 0 Å². The second-order valence-electron chi connectivity index (χ2n) is 3.06. The number of rotatable bonds is 5.